The number of likely N-dealkylation sites (tertiary alicyclic amines) is 1. The second kappa shape index (κ2) is 7.59. The van der Waals surface area contributed by atoms with Gasteiger partial charge in [0.2, 0.25) is 21.8 Å². The Morgan fingerprint density at radius 1 is 1.28 bits per heavy atom. The molecule has 1 aromatic rings. The number of nitrogens with one attached hydrogen (secondary N) is 1. The van der Waals surface area contributed by atoms with E-state index in [2.05, 4.69) is 9.71 Å². The van der Waals surface area contributed by atoms with Crippen LogP contribution in [0.4, 0.5) is 5.69 Å². The quantitative estimate of drug-likeness (QED) is 0.798. The van der Waals surface area contributed by atoms with Gasteiger partial charge in [0, 0.05) is 38.4 Å². The van der Waals surface area contributed by atoms with Crippen molar-refractivity contribution in [2.45, 2.75) is 56.8 Å². The second-order valence-electron chi connectivity index (χ2n) is 6.68. The predicted molar refractivity (Wildman–Crippen MR) is 94.9 cm³/mol. The van der Waals surface area contributed by atoms with Gasteiger partial charge in [0.15, 0.2) is 0 Å². The van der Waals surface area contributed by atoms with Gasteiger partial charge in [-0.15, -0.1) is 0 Å². The van der Waals surface area contributed by atoms with Crippen molar-refractivity contribution in [3.63, 3.8) is 0 Å². The summed E-state index contributed by atoms with van der Waals surface area (Å²) in [5.74, 6) is 0.694. The van der Waals surface area contributed by atoms with Crippen LogP contribution in [0, 0.1) is 0 Å². The van der Waals surface area contributed by atoms with Gasteiger partial charge in [0.1, 0.15) is 6.10 Å². The Hall–Kier alpha value is -1.83. The molecule has 0 bridgehead atoms. The van der Waals surface area contributed by atoms with Gasteiger partial charge in [0.05, 0.1) is 17.1 Å². The molecular weight excluding hydrogens is 342 g/mol. The number of piperidine rings is 1. The zero-order chi connectivity index (χ0) is 17.9. The minimum atomic E-state index is -3.27. The molecule has 2 heterocycles. The Morgan fingerprint density at radius 2 is 2.00 bits per heavy atom. The molecule has 0 unspecified atom stereocenters. The van der Waals surface area contributed by atoms with Gasteiger partial charge in [-0.05, 0) is 25.3 Å². The van der Waals surface area contributed by atoms with Gasteiger partial charge in [-0.1, -0.05) is 6.92 Å². The number of aromatic nitrogens is 1. The standard InChI is InChI=1S/C17H25N3O4S/c1-2-3-17(21)20-10-8-14(9-11-20)24-16-7-4-13(12-18-16)19-25(22,23)15-5-6-15/h4,7,12,14-15,19H,2-3,5-6,8-11H2,1H3. The molecule has 1 aliphatic carbocycles. The first kappa shape index (κ1) is 18.0. The van der Waals surface area contributed by atoms with Crippen LogP contribution in [0.25, 0.3) is 0 Å². The molecule has 0 atom stereocenters. The molecule has 1 saturated heterocycles. The van der Waals surface area contributed by atoms with Crippen LogP contribution >= 0.6 is 0 Å². The second-order valence-corrected chi connectivity index (χ2v) is 8.64. The lowest BCUT2D eigenvalue weighted by molar-refractivity contribution is -0.133. The maximum Gasteiger partial charge on any atom is 0.235 e. The first-order chi connectivity index (χ1) is 12.0. The first-order valence-corrected chi connectivity index (χ1v) is 10.4. The smallest absolute Gasteiger partial charge is 0.235 e. The predicted octanol–water partition coefficient (Wildman–Crippen LogP) is 2.16. The molecule has 3 rings (SSSR count). The van der Waals surface area contributed by atoms with Crippen molar-refractivity contribution in [2.24, 2.45) is 0 Å². The highest BCUT2D eigenvalue weighted by Gasteiger charge is 2.35. The summed E-state index contributed by atoms with van der Waals surface area (Å²) in [5.41, 5.74) is 0.458. The zero-order valence-corrected chi connectivity index (χ0v) is 15.3. The van der Waals surface area contributed by atoms with Crippen LogP contribution in [0.2, 0.25) is 0 Å². The molecule has 1 amide bonds. The molecule has 8 heteroatoms. The van der Waals surface area contributed by atoms with E-state index in [4.69, 9.17) is 4.74 Å². The first-order valence-electron chi connectivity index (χ1n) is 8.90. The fourth-order valence-electron chi connectivity index (χ4n) is 2.90. The number of carbonyl (C=O) groups is 1. The fraction of sp³-hybridized carbons (Fsp3) is 0.647. The molecule has 1 N–H and O–H groups in total. The summed E-state index contributed by atoms with van der Waals surface area (Å²) in [4.78, 5) is 18.0. The SMILES string of the molecule is CCCC(=O)N1CCC(Oc2ccc(NS(=O)(=O)C3CC3)cn2)CC1. The summed E-state index contributed by atoms with van der Waals surface area (Å²) in [5, 5.41) is -0.260. The number of hydrogen-bond donors (Lipinski definition) is 1. The van der Waals surface area contributed by atoms with Crippen molar-refractivity contribution in [2.75, 3.05) is 17.8 Å². The van der Waals surface area contributed by atoms with Crippen LogP contribution in [0.5, 0.6) is 5.88 Å². The van der Waals surface area contributed by atoms with Crippen LogP contribution in [0.15, 0.2) is 18.3 Å². The molecule has 25 heavy (non-hydrogen) atoms. The Bertz CT molecular complexity index is 693. The maximum atomic E-state index is 11.9. The third kappa shape index (κ3) is 4.84. The van der Waals surface area contributed by atoms with E-state index in [0.717, 1.165) is 32.1 Å². The van der Waals surface area contributed by atoms with E-state index in [1.54, 1.807) is 12.1 Å². The number of amides is 1. The van der Waals surface area contributed by atoms with Crippen LogP contribution in [0.3, 0.4) is 0 Å². The van der Waals surface area contributed by atoms with Gasteiger partial charge in [-0.3, -0.25) is 9.52 Å². The van der Waals surface area contributed by atoms with E-state index in [1.807, 2.05) is 11.8 Å². The van der Waals surface area contributed by atoms with Crippen LogP contribution in [-0.2, 0) is 14.8 Å². The van der Waals surface area contributed by atoms with Gasteiger partial charge < -0.3 is 9.64 Å². The average molecular weight is 367 g/mol. The Kier molecular flexibility index (Phi) is 5.46. The Balaban J connectivity index is 1.48. The molecule has 7 nitrogen and oxygen atoms in total. The number of ether oxygens (including phenoxy) is 1. The van der Waals surface area contributed by atoms with Crippen molar-refractivity contribution >= 4 is 21.6 Å². The Labute approximate surface area is 148 Å². The summed E-state index contributed by atoms with van der Waals surface area (Å²) >= 11 is 0. The van der Waals surface area contributed by atoms with Crippen molar-refractivity contribution in [1.82, 2.24) is 9.88 Å². The number of hydrogen-bond acceptors (Lipinski definition) is 5. The van der Waals surface area contributed by atoms with Crippen LogP contribution < -0.4 is 9.46 Å². The summed E-state index contributed by atoms with van der Waals surface area (Å²) in [6, 6.07) is 3.35. The molecule has 0 spiro atoms. The van der Waals surface area contributed by atoms with E-state index < -0.39 is 10.0 Å². The van der Waals surface area contributed by atoms with E-state index in [-0.39, 0.29) is 17.3 Å². The molecule has 138 valence electrons. The van der Waals surface area contributed by atoms with Gasteiger partial charge in [0.25, 0.3) is 0 Å². The molecular formula is C17H25N3O4S. The fourth-order valence-corrected chi connectivity index (χ4v) is 4.27. The van der Waals surface area contributed by atoms with E-state index >= 15 is 0 Å². The van der Waals surface area contributed by atoms with Crippen molar-refractivity contribution < 1.29 is 17.9 Å². The van der Waals surface area contributed by atoms with E-state index in [9.17, 15) is 13.2 Å². The molecule has 1 aliphatic heterocycles. The molecule has 0 aromatic carbocycles. The number of carbonyl (C=O) groups excluding carboxylic acids is 1. The number of anilines is 1. The minimum Gasteiger partial charge on any atom is -0.474 e. The lowest BCUT2D eigenvalue weighted by Gasteiger charge is -2.32. The van der Waals surface area contributed by atoms with Crippen LogP contribution in [0.1, 0.15) is 45.4 Å². The highest BCUT2D eigenvalue weighted by Crippen LogP contribution is 2.29. The van der Waals surface area contributed by atoms with Gasteiger partial charge in [-0.25, -0.2) is 13.4 Å². The van der Waals surface area contributed by atoms with E-state index in [0.29, 0.717) is 31.1 Å². The monoisotopic (exact) mass is 367 g/mol. The molecule has 0 radical (unpaired) electrons. The number of rotatable bonds is 7. The van der Waals surface area contributed by atoms with Crippen molar-refractivity contribution in [3.05, 3.63) is 18.3 Å². The number of sulfonamides is 1. The lowest BCUT2D eigenvalue weighted by atomic mass is 10.1. The van der Waals surface area contributed by atoms with E-state index in [1.165, 1.54) is 6.20 Å². The normalized spacial score (nSPS) is 18.8. The topological polar surface area (TPSA) is 88.6 Å². The van der Waals surface area contributed by atoms with Crippen molar-refractivity contribution in [3.8, 4) is 5.88 Å². The molecule has 2 aliphatic rings. The van der Waals surface area contributed by atoms with Crippen molar-refractivity contribution in [1.29, 1.82) is 0 Å². The average Bonchev–Trinajstić information content (AvgIpc) is 3.43. The summed E-state index contributed by atoms with van der Waals surface area (Å²) in [6.45, 7) is 3.43. The highest BCUT2D eigenvalue weighted by molar-refractivity contribution is 7.93. The maximum absolute atomic E-state index is 11.9. The zero-order valence-electron chi connectivity index (χ0n) is 14.5. The molecule has 2 fully saturated rings. The third-order valence-electron chi connectivity index (χ3n) is 4.51. The number of nitrogens with zero attached hydrogens (tertiary/aromatic N) is 2. The highest BCUT2D eigenvalue weighted by atomic mass is 32.2. The lowest BCUT2D eigenvalue weighted by Crippen LogP contribution is -2.41. The molecule has 1 aromatic heterocycles. The number of pyridine rings is 1. The third-order valence-corrected chi connectivity index (χ3v) is 6.37. The van der Waals surface area contributed by atoms with Gasteiger partial charge >= 0.3 is 0 Å². The Morgan fingerprint density at radius 3 is 2.56 bits per heavy atom. The molecule has 1 saturated carbocycles. The minimum absolute atomic E-state index is 0.0344. The summed E-state index contributed by atoms with van der Waals surface area (Å²) < 4.78 is 32.2. The summed E-state index contributed by atoms with van der Waals surface area (Å²) in [7, 11) is -3.27. The van der Waals surface area contributed by atoms with Gasteiger partial charge in [-0.2, -0.15) is 0 Å². The summed E-state index contributed by atoms with van der Waals surface area (Å²) in [6.07, 6.45) is 6.01. The largest absolute Gasteiger partial charge is 0.474 e. The van der Waals surface area contributed by atoms with Crippen LogP contribution in [-0.4, -0.2) is 48.7 Å².